The van der Waals surface area contributed by atoms with Crippen LogP contribution in [0.25, 0.3) is 11.4 Å². The van der Waals surface area contributed by atoms with Gasteiger partial charge in [0.25, 0.3) is 0 Å². The van der Waals surface area contributed by atoms with Crippen molar-refractivity contribution in [3.63, 3.8) is 0 Å². The van der Waals surface area contributed by atoms with Crippen LogP contribution in [0.15, 0.2) is 24.3 Å². The number of aliphatic carboxylic acids is 1. The Morgan fingerprint density at radius 1 is 1.19 bits per heavy atom. The number of benzene rings is 1. The Balaban J connectivity index is 2.37. The second-order valence-corrected chi connectivity index (χ2v) is 5.58. The summed E-state index contributed by atoms with van der Waals surface area (Å²) in [5, 5.41) is 9.70. The monoisotopic (exact) mass is 304 g/mol. The highest BCUT2D eigenvalue weighted by atomic mass is 35.5. The maximum atomic E-state index is 11.0. The molecule has 0 aliphatic carbocycles. The number of aromatic nitrogens is 2. The van der Waals surface area contributed by atoms with Crippen LogP contribution in [0.1, 0.15) is 23.9 Å². The minimum Gasteiger partial charge on any atom is -0.481 e. The maximum Gasteiger partial charge on any atom is 0.306 e. The molecule has 1 atom stereocenters. The average molecular weight is 305 g/mol. The number of hydrogen-bond donors (Lipinski definition) is 1. The largest absolute Gasteiger partial charge is 0.481 e. The Labute approximate surface area is 128 Å². The van der Waals surface area contributed by atoms with Gasteiger partial charge in [-0.1, -0.05) is 18.5 Å². The fourth-order valence-electron chi connectivity index (χ4n) is 2.16. The lowest BCUT2D eigenvalue weighted by Gasteiger charge is -2.13. The first kappa shape index (κ1) is 15.4. The van der Waals surface area contributed by atoms with Crippen molar-refractivity contribution in [2.24, 2.45) is 5.92 Å². The van der Waals surface area contributed by atoms with Gasteiger partial charge in [0.15, 0.2) is 5.82 Å². The van der Waals surface area contributed by atoms with Gasteiger partial charge in [-0.2, -0.15) is 0 Å². The average Bonchev–Trinajstić information content (AvgIpc) is 2.43. The summed E-state index contributed by atoms with van der Waals surface area (Å²) in [6.07, 6.45) is 0.438. The summed E-state index contributed by atoms with van der Waals surface area (Å²) in [6.45, 7) is 5.46. The van der Waals surface area contributed by atoms with Crippen LogP contribution in [0.4, 0.5) is 0 Å². The lowest BCUT2D eigenvalue weighted by Crippen LogP contribution is -2.15. The van der Waals surface area contributed by atoms with Crippen LogP contribution in [0, 0.1) is 19.8 Å². The van der Waals surface area contributed by atoms with E-state index in [0.717, 1.165) is 22.5 Å². The molecule has 1 aromatic heterocycles. The highest BCUT2D eigenvalue weighted by Gasteiger charge is 2.17. The molecule has 0 aliphatic heterocycles. The van der Waals surface area contributed by atoms with Crippen molar-refractivity contribution in [1.82, 2.24) is 9.97 Å². The number of carboxylic acid groups (broad SMARTS) is 1. The van der Waals surface area contributed by atoms with E-state index in [2.05, 4.69) is 9.97 Å². The van der Waals surface area contributed by atoms with Gasteiger partial charge in [0.2, 0.25) is 0 Å². The van der Waals surface area contributed by atoms with Gasteiger partial charge in [0.05, 0.1) is 5.92 Å². The molecule has 0 bridgehead atoms. The zero-order valence-corrected chi connectivity index (χ0v) is 13.0. The van der Waals surface area contributed by atoms with E-state index >= 15 is 0 Å². The summed E-state index contributed by atoms with van der Waals surface area (Å²) >= 11 is 5.88. The van der Waals surface area contributed by atoms with Gasteiger partial charge < -0.3 is 5.11 Å². The Morgan fingerprint density at radius 2 is 1.71 bits per heavy atom. The van der Waals surface area contributed by atoms with Crippen LogP contribution < -0.4 is 0 Å². The third kappa shape index (κ3) is 3.58. The van der Waals surface area contributed by atoms with Gasteiger partial charge in [-0.15, -0.1) is 0 Å². The molecule has 1 aromatic carbocycles. The van der Waals surface area contributed by atoms with Gasteiger partial charge in [0, 0.05) is 22.0 Å². The predicted molar refractivity (Wildman–Crippen MR) is 82.5 cm³/mol. The second-order valence-electron chi connectivity index (χ2n) is 5.15. The van der Waals surface area contributed by atoms with Crippen LogP contribution in [0.2, 0.25) is 5.02 Å². The van der Waals surface area contributed by atoms with Crippen LogP contribution >= 0.6 is 11.6 Å². The topological polar surface area (TPSA) is 63.1 Å². The minimum atomic E-state index is -0.810. The van der Waals surface area contributed by atoms with E-state index < -0.39 is 11.9 Å². The molecule has 110 valence electrons. The number of nitrogens with zero attached hydrogens (tertiary/aromatic N) is 2. The molecule has 5 heteroatoms. The molecule has 1 N–H and O–H groups in total. The summed E-state index contributed by atoms with van der Waals surface area (Å²) in [4.78, 5) is 20.0. The molecular weight excluding hydrogens is 288 g/mol. The Hall–Kier alpha value is -1.94. The van der Waals surface area contributed by atoms with Crippen molar-refractivity contribution in [3.8, 4) is 11.4 Å². The molecule has 0 saturated carbocycles. The van der Waals surface area contributed by atoms with Gasteiger partial charge in [-0.25, -0.2) is 9.97 Å². The SMILES string of the molecule is Cc1nc(-c2ccc(Cl)cc2)nc(C)c1CC(C)C(=O)O. The zero-order chi connectivity index (χ0) is 15.6. The summed E-state index contributed by atoms with van der Waals surface area (Å²) in [6, 6.07) is 7.34. The highest BCUT2D eigenvalue weighted by molar-refractivity contribution is 6.30. The third-order valence-corrected chi connectivity index (χ3v) is 3.71. The van der Waals surface area contributed by atoms with E-state index in [0.29, 0.717) is 17.3 Å². The van der Waals surface area contributed by atoms with Gasteiger partial charge in [-0.3, -0.25) is 4.79 Å². The molecule has 4 nitrogen and oxygen atoms in total. The summed E-state index contributed by atoms with van der Waals surface area (Å²) in [5.74, 6) is -0.628. The van der Waals surface area contributed by atoms with Gasteiger partial charge in [0.1, 0.15) is 0 Å². The van der Waals surface area contributed by atoms with Crippen LogP contribution in [-0.4, -0.2) is 21.0 Å². The lowest BCUT2D eigenvalue weighted by atomic mass is 9.99. The second kappa shape index (κ2) is 6.22. The molecule has 21 heavy (non-hydrogen) atoms. The quantitative estimate of drug-likeness (QED) is 0.936. The number of carboxylic acids is 1. The van der Waals surface area contributed by atoms with Crippen molar-refractivity contribution in [2.45, 2.75) is 27.2 Å². The number of hydrogen-bond acceptors (Lipinski definition) is 3. The normalized spacial score (nSPS) is 12.2. The third-order valence-electron chi connectivity index (χ3n) is 3.45. The number of rotatable bonds is 4. The molecule has 0 fully saturated rings. The first-order chi connectivity index (χ1) is 9.88. The van der Waals surface area contributed by atoms with Gasteiger partial charge >= 0.3 is 5.97 Å². The number of halogens is 1. The van der Waals surface area contributed by atoms with Crippen molar-refractivity contribution in [3.05, 3.63) is 46.2 Å². The van der Waals surface area contributed by atoms with Crippen LogP contribution in [-0.2, 0) is 11.2 Å². The van der Waals surface area contributed by atoms with Crippen LogP contribution in [0.3, 0.4) is 0 Å². The Morgan fingerprint density at radius 3 is 2.19 bits per heavy atom. The molecule has 1 unspecified atom stereocenters. The standard InChI is InChI=1S/C16H17ClN2O2/c1-9(16(20)21)8-14-10(2)18-15(19-11(14)3)12-4-6-13(17)7-5-12/h4-7,9H,8H2,1-3H3,(H,20,21). The number of carbonyl (C=O) groups is 1. The van der Waals surface area contributed by atoms with E-state index in [-0.39, 0.29) is 0 Å². The molecule has 0 aliphatic rings. The van der Waals surface area contributed by atoms with Crippen molar-refractivity contribution < 1.29 is 9.90 Å². The smallest absolute Gasteiger partial charge is 0.306 e. The molecule has 2 rings (SSSR count). The first-order valence-corrected chi connectivity index (χ1v) is 7.09. The van der Waals surface area contributed by atoms with Crippen molar-refractivity contribution in [2.75, 3.05) is 0 Å². The fraction of sp³-hybridized carbons (Fsp3) is 0.312. The molecule has 1 heterocycles. The zero-order valence-electron chi connectivity index (χ0n) is 12.2. The van der Waals surface area contributed by atoms with Gasteiger partial charge in [-0.05, 0) is 50.1 Å². The highest BCUT2D eigenvalue weighted by Crippen LogP contribution is 2.22. The summed E-state index contributed by atoms with van der Waals surface area (Å²) in [7, 11) is 0. The molecular formula is C16H17ClN2O2. The number of aryl methyl sites for hydroxylation is 2. The van der Waals surface area contributed by atoms with E-state index in [1.165, 1.54) is 0 Å². The van der Waals surface area contributed by atoms with E-state index in [1.54, 1.807) is 19.1 Å². The lowest BCUT2D eigenvalue weighted by molar-refractivity contribution is -0.141. The maximum absolute atomic E-state index is 11.0. The first-order valence-electron chi connectivity index (χ1n) is 6.71. The summed E-state index contributed by atoms with van der Waals surface area (Å²) < 4.78 is 0. The summed E-state index contributed by atoms with van der Waals surface area (Å²) in [5.41, 5.74) is 3.44. The Kier molecular flexibility index (Phi) is 4.58. The van der Waals surface area contributed by atoms with E-state index in [4.69, 9.17) is 16.7 Å². The van der Waals surface area contributed by atoms with E-state index in [1.807, 2.05) is 26.0 Å². The molecule has 0 amide bonds. The fourth-order valence-corrected chi connectivity index (χ4v) is 2.28. The van der Waals surface area contributed by atoms with Crippen molar-refractivity contribution in [1.29, 1.82) is 0 Å². The molecule has 0 spiro atoms. The predicted octanol–water partition coefficient (Wildman–Crippen LogP) is 3.68. The molecule has 0 saturated heterocycles. The van der Waals surface area contributed by atoms with E-state index in [9.17, 15) is 4.79 Å². The minimum absolute atomic E-state index is 0.438. The molecule has 0 radical (unpaired) electrons. The van der Waals surface area contributed by atoms with Crippen molar-refractivity contribution >= 4 is 17.6 Å². The molecule has 2 aromatic rings. The Bertz CT molecular complexity index is 645. The van der Waals surface area contributed by atoms with Crippen LogP contribution in [0.5, 0.6) is 0 Å².